The highest BCUT2D eigenvalue weighted by Gasteiger charge is 2.09. The van der Waals surface area contributed by atoms with Crippen LogP contribution in [0.2, 0.25) is 0 Å². The van der Waals surface area contributed by atoms with Crippen LogP contribution in [0.15, 0.2) is 12.1 Å². The Kier molecular flexibility index (Phi) is 4.38. The minimum absolute atomic E-state index is 0.0724. The van der Waals surface area contributed by atoms with Gasteiger partial charge in [0.15, 0.2) is 17.4 Å². The zero-order valence-electron chi connectivity index (χ0n) is 8.78. The van der Waals surface area contributed by atoms with E-state index in [4.69, 9.17) is 10.2 Å². The van der Waals surface area contributed by atoms with Gasteiger partial charge >= 0.3 is 0 Å². The van der Waals surface area contributed by atoms with Crippen LogP contribution < -0.4 is 10.5 Å². The highest BCUT2D eigenvalue weighted by atomic mass is 32.2. The number of rotatable bonds is 5. The smallest absolute Gasteiger partial charge is 0.210 e. The molecule has 8 heteroatoms. The van der Waals surface area contributed by atoms with Crippen LogP contribution in [0.25, 0.3) is 0 Å². The van der Waals surface area contributed by atoms with E-state index >= 15 is 0 Å². The minimum atomic E-state index is -3.55. The molecule has 0 fully saturated rings. The number of phenolic OH excluding ortho intramolecular Hbond substituents is 1. The molecule has 0 saturated heterocycles. The Labute approximate surface area is 97.3 Å². The second-order valence-corrected chi connectivity index (χ2v) is 5.19. The van der Waals surface area contributed by atoms with E-state index in [-0.39, 0.29) is 24.4 Å². The quantitative estimate of drug-likeness (QED) is 0.656. The molecule has 4 N–H and O–H groups in total. The molecule has 1 aromatic rings. The van der Waals surface area contributed by atoms with E-state index in [1.807, 2.05) is 0 Å². The van der Waals surface area contributed by atoms with E-state index in [2.05, 4.69) is 5.32 Å². The summed E-state index contributed by atoms with van der Waals surface area (Å²) in [6.45, 7) is 0.145. The van der Waals surface area contributed by atoms with Crippen molar-refractivity contribution in [2.24, 2.45) is 5.14 Å². The number of nitrogens with one attached hydrogen (secondary N) is 1. The van der Waals surface area contributed by atoms with Crippen molar-refractivity contribution in [3.63, 3.8) is 0 Å². The van der Waals surface area contributed by atoms with Crippen molar-refractivity contribution in [2.75, 3.05) is 12.3 Å². The maximum atomic E-state index is 12.9. The van der Waals surface area contributed by atoms with Gasteiger partial charge < -0.3 is 10.4 Å². The number of aromatic hydroxyl groups is 1. The lowest BCUT2D eigenvalue weighted by atomic mass is 10.2. The van der Waals surface area contributed by atoms with Crippen molar-refractivity contribution in [3.8, 4) is 5.75 Å². The summed E-state index contributed by atoms with van der Waals surface area (Å²) in [5.74, 6) is -3.42. The van der Waals surface area contributed by atoms with Crippen molar-refractivity contribution in [2.45, 2.75) is 6.54 Å². The number of halogens is 2. The molecule has 0 spiro atoms. The molecule has 0 aliphatic carbocycles. The molecule has 0 aliphatic heterocycles. The van der Waals surface area contributed by atoms with Crippen LogP contribution >= 0.6 is 0 Å². The molecule has 17 heavy (non-hydrogen) atoms. The average molecular weight is 266 g/mol. The fraction of sp³-hybridized carbons (Fsp3) is 0.333. The topological polar surface area (TPSA) is 92.4 Å². The van der Waals surface area contributed by atoms with Crippen LogP contribution in [0.5, 0.6) is 5.75 Å². The largest absolute Gasteiger partial charge is 0.503 e. The number of sulfonamides is 1. The van der Waals surface area contributed by atoms with Crippen LogP contribution in [0.3, 0.4) is 0 Å². The van der Waals surface area contributed by atoms with Crippen LogP contribution in [0, 0.1) is 11.6 Å². The van der Waals surface area contributed by atoms with Crippen molar-refractivity contribution in [1.29, 1.82) is 0 Å². The van der Waals surface area contributed by atoms with E-state index < -0.39 is 27.4 Å². The zero-order valence-corrected chi connectivity index (χ0v) is 9.60. The summed E-state index contributed by atoms with van der Waals surface area (Å²) in [6.07, 6.45) is 0. The number of nitrogens with two attached hydrogens (primary N) is 1. The molecular formula is C9H12F2N2O3S. The van der Waals surface area contributed by atoms with Gasteiger partial charge in [-0.25, -0.2) is 22.3 Å². The highest BCUT2D eigenvalue weighted by molar-refractivity contribution is 7.89. The van der Waals surface area contributed by atoms with Gasteiger partial charge in [0, 0.05) is 13.1 Å². The lowest BCUT2D eigenvalue weighted by Crippen LogP contribution is -2.26. The zero-order chi connectivity index (χ0) is 13.1. The van der Waals surface area contributed by atoms with Gasteiger partial charge in [-0.3, -0.25) is 0 Å². The molecule has 0 heterocycles. The standard InChI is InChI=1S/C9H12F2N2O3S/c10-7-3-6(4-8(11)9(7)14)5-13-1-2-17(12,15)16/h3-4,13-14H,1-2,5H2,(H2,12,15,16). The van der Waals surface area contributed by atoms with Crippen molar-refractivity contribution in [3.05, 3.63) is 29.3 Å². The molecule has 1 rings (SSSR count). The van der Waals surface area contributed by atoms with Gasteiger partial charge in [-0.15, -0.1) is 0 Å². The van der Waals surface area contributed by atoms with E-state index in [0.717, 1.165) is 12.1 Å². The summed E-state index contributed by atoms with van der Waals surface area (Å²) in [5, 5.41) is 16.3. The Morgan fingerprint density at radius 2 is 1.82 bits per heavy atom. The van der Waals surface area contributed by atoms with Gasteiger partial charge in [-0.1, -0.05) is 0 Å². The first-order valence-corrected chi connectivity index (χ1v) is 6.39. The summed E-state index contributed by atoms with van der Waals surface area (Å²) in [4.78, 5) is 0. The predicted molar refractivity (Wildman–Crippen MR) is 57.7 cm³/mol. The van der Waals surface area contributed by atoms with E-state index in [9.17, 15) is 17.2 Å². The Hall–Kier alpha value is -1.25. The number of primary sulfonamides is 1. The van der Waals surface area contributed by atoms with Crippen molar-refractivity contribution in [1.82, 2.24) is 5.32 Å². The van der Waals surface area contributed by atoms with Crippen LogP contribution in [-0.4, -0.2) is 25.8 Å². The molecule has 0 saturated carbocycles. The molecule has 96 valence electrons. The molecule has 0 aromatic heterocycles. The summed E-state index contributed by atoms with van der Waals surface area (Å²) >= 11 is 0. The van der Waals surface area contributed by atoms with E-state index in [0.29, 0.717) is 0 Å². The molecule has 5 nitrogen and oxygen atoms in total. The molecule has 0 radical (unpaired) electrons. The summed E-state index contributed by atoms with van der Waals surface area (Å²) < 4.78 is 47.0. The molecule has 0 bridgehead atoms. The monoisotopic (exact) mass is 266 g/mol. The normalized spacial score (nSPS) is 11.7. The van der Waals surface area contributed by atoms with Gasteiger partial charge in [-0.2, -0.15) is 0 Å². The maximum absolute atomic E-state index is 12.9. The Morgan fingerprint density at radius 3 is 2.29 bits per heavy atom. The van der Waals surface area contributed by atoms with E-state index in [1.165, 1.54) is 0 Å². The fourth-order valence-corrected chi connectivity index (χ4v) is 1.60. The number of benzene rings is 1. The van der Waals surface area contributed by atoms with Crippen LogP contribution in [0.1, 0.15) is 5.56 Å². The summed E-state index contributed by atoms with van der Waals surface area (Å²) in [6, 6.07) is 1.92. The Bertz CT molecular complexity index is 482. The summed E-state index contributed by atoms with van der Waals surface area (Å²) in [7, 11) is -3.55. The van der Waals surface area contributed by atoms with Gasteiger partial charge in [0.1, 0.15) is 0 Å². The first-order valence-electron chi connectivity index (χ1n) is 4.67. The Morgan fingerprint density at radius 1 is 1.29 bits per heavy atom. The lowest BCUT2D eigenvalue weighted by Gasteiger charge is -2.05. The van der Waals surface area contributed by atoms with Gasteiger partial charge in [0.2, 0.25) is 10.0 Å². The minimum Gasteiger partial charge on any atom is -0.503 e. The number of hydrogen-bond donors (Lipinski definition) is 3. The molecule has 0 unspecified atom stereocenters. The molecule has 0 aliphatic rings. The summed E-state index contributed by atoms with van der Waals surface area (Å²) in [5.41, 5.74) is 0.257. The number of hydrogen-bond acceptors (Lipinski definition) is 4. The third-order valence-corrected chi connectivity index (χ3v) is 2.74. The second kappa shape index (κ2) is 5.39. The van der Waals surface area contributed by atoms with Gasteiger partial charge in [-0.05, 0) is 17.7 Å². The molecule has 0 amide bonds. The fourth-order valence-electron chi connectivity index (χ4n) is 1.17. The number of phenols is 1. The maximum Gasteiger partial charge on any atom is 0.210 e. The van der Waals surface area contributed by atoms with Crippen LogP contribution in [-0.2, 0) is 16.6 Å². The van der Waals surface area contributed by atoms with E-state index in [1.54, 1.807) is 0 Å². The van der Waals surface area contributed by atoms with Gasteiger partial charge in [0.05, 0.1) is 5.75 Å². The second-order valence-electron chi connectivity index (χ2n) is 3.45. The molecular weight excluding hydrogens is 254 g/mol. The predicted octanol–water partition coefficient (Wildman–Crippen LogP) is 0.0485. The lowest BCUT2D eigenvalue weighted by molar-refractivity contribution is 0.395. The highest BCUT2D eigenvalue weighted by Crippen LogP contribution is 2.21. The molecule has 1 aromatic carbocycles. The molecule has 0 atom stereocenters. The van der Waals surface area contributed by atoms with Crippen LogP contribution in [0.4, 0.5) is 8.78 Å². The SMILES string of the molecule is NS(=O)(=O)CCNCc1cc(F)c(O)c(F)c1. The average Bonchev–Trinajstić information content (AvgIpc) is 2.19. The third-order valence-electron chi connectivity index (χ3n) is 1.97. The van der Waals surface area contributed by atoms with Crippen molar-refractivity contribution >= 4 is 10.0 Å². The van der Waals surface area contributed by atoms with Crippen molar-refractivity contribution < 1.29 is 22.3 Å². The first-order chi connectivity index (χ1) is 7.79. The first kappa shape index (κ1) is 13.8. The van der Waals surface area contributed by atoms with Gasteiger partial charge in [0.25, 0.3) is 0 Å². The Balaban J connectivity index is 2.53. The third kappa shape index (κ3) is 4.63.